The Morgan fingerprint density at radius 3 is 2.43 bits per heavy atom. The number of ether oxygens (including phenoxy) is 2. The zero-order valence-corrected chi connectivity index (χ0v) is 15.8. The van der Waals surface area contributed by atoms with Crippen LogP contribution in [0.15, 0.2) is 53.6 Å². The van der Waals surface area contributed by atoms with Gasteiger partial charge >= 0.3 is 0 Å². The van der Waals surface area contributed by atoms with Crippen LogP contribution in [0, 0.1) is 10.1 Å². The minimum atomic E-state index is -0.812. The van der Waals surface area contributed by atoms with Gasteiger partial charge < -0.3 is 9.47 Å². The van der Waals surface area contributed by atoms with Crippen LogP contribution in [0.4, 0.5) is 5.69 Å². The molecule has 0 bridgehead atoms. The van der Waals surface area contributed by atoms with Crippen molar-refractivity contribution >= 4 is 17.8 Å². The summed E-state index contributed by atoms with van der Waals surface area (Å²) in [6, 6.07) is 12.9. The quantitative estimate of drug-likeness (QED) is 0.291. The second-order valence-electron chi connectivity index (χ2n) is 6.02. The van der Waals surface area contributed by atoms with Crippen LogP contribution in [0.2, 0.25) is 0 Å². The Bertz CT molecular complexity index is 804. The van der Waals surface area contributed by atoms with Gasteiger partial charge in [0.2, 0.25) is 0 Å². The number of non-ortho nitro benzene ring substituents is 1. The highest BCUT2D eigenvalue weighted by Gasteiger charge is 2.14. The molecule has 148 valence electrons. The Morgan fingerprint density at radius 2 is 1.82 bits per heavy atom. The molecule has 2 aromatic carbocycles. The Kier molecular flexibility index (Phi) is 7.95. The molecular formula is C20H23N3O5. The molecule has 28 heavy (non-hydrogen) atoms. The molecule has 8 heteroatoms. The number of carbonyl (C=O) groups excluding carboxylic acids is 1. The third-order valence-corrected chi connectivity index (χ3v) is 3.76. The lowest BCUT2D eigenvalue weighted by Crippen LogP contribution is -2.33. The fourth-order valence-electron chi connectivity index (χ4n) is 2.15. The van der Waals surface area contributed by atoms with E-state index in [-0.39, 0.29) is 5.69 Å². The lowest BCUT2D eigenvalue weighted by Gasteiger charge is -2.12. The summed E-state index contributed by atoms with van der Waals surface area (Å²) < 4.78 is 11.0. The van der Waals surface area contributed by atoms with Gasteiger partial charge in [-0.1, -0.05) is 13.3 Å². The van der Waals surface area contributed by atoms with E-state index in [0.29, 0.717) is 12.4 Å². The van der Waals surface area contributed by atoms with Crippen molar-refractivity contribution in [2.45, 2.75) is 32.8 Å². The molecule has 0 aromatic heterocycles. The molecule has 0 aliphatic rings. The average molecular weight is 385 g/mol. The number of amides is 1. The van der Waals surface area contributed by atoms with Crippen LogP contribution in [-0.4, -0.2) is 29.8 Å². The molecule has 0 aliphatic carbocycles. The maximum Gasteiger partial charge on any atom is 0.280 e. The molecule has 0 fully saturated rings. The van der Waals surface area contributed by atoms with Crippen molar-refractivity contribution in [3.05, 3.63) is 64.2 Å². The van der Waals surface area contributed by atoms with E-state index < -0.39 is 16.9 Å². The molecule has 0 saturated carbocycles. The highest BCUT2D eigenvalue weighted by molar-refractivity contribution is 5.84. The number of carbonyl (C=O) groups is 1. The highest BCUT2D eigenvalue weighted by Crippen LogP contribution is 2.18. The van der Waals surface area contributed by atoms with Gasteiger partial charge in [-0.2, -0.15) is 5.10 Å². The van der Waals surface area contributed by atoms with E-state index in [4.69, 9.17) is 9.47 Å². The van der Waals surface area contributed by atoms with Gasteiger partial charge in [-0.3, -0.25) is 14.9 Å². The minimum Gasteiger partial charge on any atom is -0.494 e. The summed E-state index contributed by atoms with van der Waals surface area (Å²) in [4.78, 5) is 22.2. The Hall–Kier alpha value is -3.42. The van der Waals surface area contributed by atoms with Crippen molar-refractivity contribution in [1.82, 2.24) is 5.43 Å². The van der Waals surface area contributed by atoms with Gasteiger partial charge in [-0.15, -0.1) is 0 Å². The fourth-order valence-corrected chi connectivity index (χ4v) is 2.15. The number of hydrazone groups is 1. The third-order valence-electron chi connectivity index (χ3n) is 3.76. The van der Waals surface area contributed by atoms with Crippen molar-refractivity contribution in [2.24, 2.45) is 5.10 Å². The highest BCUT2D eigenvalue weighted by atomic mass is 16.6. The van der Waals surface area contributed by atoms with Crippen molar-refractivity contribution < 1.29 is 19.2 Å². The van der Waals surface area contributed by atoms with Gasteiger partial charge in [0, 0.05) is 12.1 Å². The molecule has 0 heterocycles. The molecule has 0 aliphatic heterocycles. The van der Waals surface area contributed by atoms with Gasteiger partial charge in [-0.05, 0) is 55.3 Å². The number of hydrogen-bond acceptors (Lipinski definition) is 6. The smallest absolute Gasteiger partial charge is 0.280 e. The number of hydrogen-bond donors (Lipinski definition) is 1. The molecule has 0 spiro atoms. The van der Waals surface area contributed by atoms with E-state index in [1.54, 1.807) is 6.92 Å². The normalized spacial score (nSPS) is 11.8. The first-order chi connectivity index (χ1) is 13.5. The van der Waals surface area contributed by atoms with Gasteiger partial charge in [-0.25, -0.2) is 5.43 Å². The second-order valence-corrected chi connectivity index (χ2v) is 6.02. The first-order valence-corrected chi connectivity index (χ1v) is 8.96. The van der Waals surface area contributed by atoms with Crippen LogP contribution >= 0.6 is 0 Å². The predicted octanol–water partition coefficient (Wildman–Crippen LogP) is 3.69. The molecule has 0 saturated heterocycles. The number of benzene rings is 2. The van der Waals surface area contributed by atoms with E-state index >= 15 is 0 Å². The Labute approximate surface area is 163 Å². The number of nitro benzene ring substituents is 1. The maximum atomic E-state index is 12.0. The lowest BCUT2D eigenvalue weighted by atomic mass is 10.2. The van der Waals surface area contributed by atoms with E-state index in [2.05, 4.69) is 17.5 Å². The Morgan fingerprint density at radius 1 is 1.18 bits per heavy atom. The van der Waals surface area contributed by atoms with Gasteiger partial charge in [0.05, 0.1) is 17.7 Å². The summed E-state index contributed by atoms with van der Waals surface area (Å²) in [5.41, 5.74) is 3.17. The van der Waals surface area contributed by atoms with Crippen molar-refractivity contribution in [3.63, 3.8) is 0 Å². The monoisotopic (exact) mass is 385 g/mol. The van der Waals surface area contributed by atoms with Crippen LogP contribution in [0.25, 0.3) is 0 Å². The van der Waals surface area contributed by atoms with E-state index in [0.717, 1.165) is 24.2 Å². The lowest BCUT2D eigenvalue weighted by molar-refractivity contribution is -0.384. The minimum absolute atomic E-state index is 0.0455. The largest absolute Gasteiger partial charge is 0.494 e. The van der Waals surface area contributed by atoms with Crippen LogP contribution in [0.1, 0.15) is 32.3 Å². The molecule has 8 nitrogen and oxygen atoms in total. The maximum absolute atomic E-state index is 12.0. The molecule has 1 atom stereocenters. The zero-order chi connectivity index (χ0) is 20.4. The summed E-state index contributed by atoms with van der Waals surface area (Å²) in [6.07, 6.45) is 2.80. The van der Waals surface area contributed by atoms with Crippen LogP contribution in [0.5, 0.6) is 11.5 Å². The summed E-state index contributed by atoms with van der Waals surface area (Å²) in [6.45, 7) is 4.36. The molecular weight excluding hydrogens is 362 g/mol. The number of nitrogens with one attached hydrogen (secondary N) is 1. The summed E-state index contributed by atoms with van der Waals surface area (Å²) >= 11 is 0. The van der Waals surface area contributed by atoms with Gasteiger partial charge in [0.15, 0.2) is 6.10 Å². The molecule has 1 unspecified atom stereocenters. The number of nitrogens with zero attached hydrogens (tertiary/aromatic N) is 2. The van der Waals surface area contributed by atoms with Crippen molar-refractivity contribution in [1.29, 1.82) is 0 Å². The summed E-state index contributed by atoms with van der Waals surface area (Å²) in [5, 5.41) is 14.5. The predicted molar refractivity (Wildman–Crippen MR) is 106 cm³/mol. The second kappa shape index (κ2) is 10.7. The SMILES string of the molecule is CCCCOc1ccc(/C=N/NC(=O)C(C)Oc2ccc([N+](=O)[O-])cc2)cc1. The number of unbranched alkanes of at least 4 members (excludes halogenated alkanes) is 1. The third kappa shape index (κ3) is 6.71. The topological polar surface area (TPSA) is 103 Å². The number of nitro groups is 1. The van der Waals surface area contributed by atoms with Gasteiger partial charge in [0.1, 0.15) is 11.5 Å². The first kappa shape index (κ1) is 20.9. The van der Waals surface area contributed by atoms with Gasteiger partial charge in [0.25, 0.3) is 11.6 Å². The van der Waals surface area contributed by atoms with E-state index in [9.17, 15) is 14.9 Å². The van der Waals surface area contributed by atoms with Crippen LogP contribution in [-0.2, 0) is 4.79 Å². The molecule has 2 aromatic rings. The fraction of sp³-hybridized carbons (Fsp3) is 0.300. The number of rotatable bonds is 10. The van der Waals surface area contributed by atoms with E-state index in [1.165, 1.54) is 30.5 Å². The standard InChI is InChI=1S/C20H23N3O5/c1-3-4-13-27-18-9-5-16(6-10-18)14-21-22-20(24)15(2)28-19-11-7-17(8-12-19)23(25)26/h5-12,14-15H,3-4,13H2,1-2H3,(H,22,24)/b21-14+. The Balaban J connectivity index is 1.80. The average Bonchev–Trinajstić information content (AvgIpc) is 2.69. The van der Waals surface area contributed by atoms with Crippen molar-refractivity contribution in [3.8, 4) is 11.5 Å². The first-order valence-electron chi connectivity index (χ1n) is 8.96. The van der Waals surface area contributed by atoms with Crippen LogP contribution < -0.4 is 14.9 Å². The molecule has 2 rings (SSSR count). The zero-order valence-electron chi connectivity index (χ0n) is 15.8. The van der Waals surface area contributed by atoms with Crippen LogP contribution in [0.3, 0.4) is 0 Å². The van der Waals surface area contributed by atoms with E-state index in [1.807, 2.05) is 24.3 Å². The molecule has 1 amide bonds. The van der Waals surface area contributed by atoms with Crippen molar-refractivity contribution in [2.75, 3.05) is 6.61 Å². The molecule has 0 radical (unpaired) electrons. The summed E-state index contributed by atoms with van der Waals surface area (Å²) in [5.74, 6) is 0.713. The molecule has 1 N–H and O–H groups in total. The summed E-state index contributed by atoms with van der Waals surface area (Å²) in [7, 11) is 0.